The number of hydrogen-bond donors (Lipinski definition) is 0. The minimum Gasteiger partial charge on any atom is -0.495 e. The summed E-state index contributed by atoms with van der Waals surface area (Å²) in [6, 6.07) is 3.67. The van der Waals surface area contributed by atoms with E-state index in [4.69, 9.17) is 16.3 Å². The molecule has 0 aliphatic heterocycles. The summed E-state index contributed by atoms with van der Waals surface area (Å²) in [5, 5.41) is 0.585. The molecule has 0 heterocycles. The van der Waals surface area contributed by atoms with E-state index in [1.165, 1.54) is 0 Å². The number of rotatable bonds is 1. The summed E-state index contributed by atoms with van der Waals surface area (Å²) >= 11 is 12.5. The highest BCUT2D eigenvalue weighted by Crippen LogP contribution is 2.37. The highest BCUT2D eigenvalue weighted by Gasteiger charge is 2.06. The molecule has 0 atom stereocenters. The molecule has 1 rings (SSSR count). The first kappa shape index (κ1) is 9.36. The van der Waals surface area contributed by atoms with E-state index >= 15 is 0 Å². The Morgan fingerprint density at radius 1 is 1.36 bits per heavy atom. The van der Waals surface area contributed by atoms with E-state index in [0.29, 0.717) is 10.8 Å². The average Bonchev–Trinajstić information content (AvgIpc) is 2.01. The first-order valence-electron chi connectivity index (χ1n) is 2.84. The van der Waals surface area contributed by atoms with Gasteiger partial charge in [0.25, 0.3) is 0 Å². The zero-order chi connectivity index (χ0) is 8.43. The fraction of sp³-hybridized carbons (Fsp3) is 0.143. The lowest BCUT2D eigenvalue weighted by Gasteiger charge is -2.04. The van der Waals surface area contributed by atoms with Crippen molar-refractivity contribution in [1.82, 2.24) is 0 Å². The number of hydrogen-bond acceptors (Lipinski definition) is 1. The summed E-state index contributed by atoms with van der Waals surface area (Å²) in [4.78, 5) is 0. The lowest BCUT2D eigenvalue weighted by molar-refractivity contribution is 0.414. The Morgan fingerprint density at radius 2 is 2.00 bits per heavy atom. The van der Waals surface area contributed by atoms with Gasteiger partial charge in [-0.3, -0.25) is 0 Å². The molecule has 60 valence electrons. The maximum absolute atomic E-state index is 5.90. The van der Waals surface area contributed by atoms with Crippen LogP contribution < -0.4 is 4.74 Å². The standard InChI is InChI=1S/C7H5Br2ClO/c1-11-5-3-2-4(8)6(9)7(5)10/h2-3H,1H3. The van der Waals surface area contributed by atoms with E-state index in [2.05, 4.69) is 31.9 Å². The van der Waals surface area contributed by atoms with Gasteiger partial charge in [0.05, 0.1) is 16.6 Å². The fourth-order valence-corrected chi connectivity index (χ4v) is 1.68. The van der Waals surface area contributed by atoms with Crippen LogP contribution in [0.4, 0.5) is 0 Å². The third-order valence-electron chi connectivity index (χ3n) is 1.22. The fourth-order valence-electron chi connectivity index (χ4n) is 0.666. The SMILES string of the molecule is COc1ccc(Br)c(Br)c1Cl. The molecule has 1 nitrogen and oxygen atoms in total. The number of ether oxygens (including phenoxy) is 1. The van der Waals surface area contributed by atoms with Gasteiger partial charge in [0, 0.05) is 4.47 Å². The highest BCUT2D eigenvalue weighted by molar-refractivity contribution is 9.13. The molecule has 0 bridgehead atoms. The molecule has 0 aromatic heterocycles. The van der Waals surface area contributed by atoms with Crippen LogP contribution in [0.2, 0.25) is 5.02 Å². The predicted octanol–water partition coefficient (Wildman–Crippen LogP) is 3.87. The van der Waals surface area contributed by atoms with E-state index in [1.54, 1.807) is 13.2 Å². The zero-order valence-electron chi connectivity index (χ0n) is 5.70. The summed E-state index contributed by atoms with van der Waals surface area (Å²) < 4.78 is 6.74. The van der Waals surface area contributed by atoms with Crippen LogP contribution in [0, 0.1) is 0 Å². The van der Waals surface area contributed by atoms with Gasteiger partial charge in [0.2, 0.25) is 0 Å². The summed E-state index contributed by atoms with van der Waals surface area (Å²) in [5.74, 6) is 0.668. The van der Waals surface area contributed by atoms with Gasteiger partial charge in [-0.15, -0.1) is 0 Å². The van der Waals surface area contributed by atoms with Gasteiger partial charge in [-0.1, -0.05) is 11.6 Å². The molecule has 1 aromatic rings. The van der Waals surface area contributed by atoms with Crippen molar-refractivity contribution >= 4 is 43.5 Å². The Kier molecular flexibility index (Phi) is 3.22. The number of methoxy groups -OCH3 is 1. The Balaban J connectivity index is 3.25. The second-order valence-corrected chi connectivity index (χ2v) is 3.90. The van der Waals surface area contributed by atoms with Gasteiger partial charge in [0.1, 0.15) is 5.75 Å². The molecule has 0 saturated carbocycles. The van der Waals surface area contributed by atoms with Crippen LogP contribution in [0.5, 0.6) is 5.75 Å². The van der Waals surface area contributed by atoms with Crippen molar-refractivity contribution < 1.29 is 4.74 Å². The van der Waals surface area contributed by atoms with Crippen LogP contribution in [0.25, 0.3) is 0 Å². The van der Waals surface area contributed by atoms with Gasteiger partial charge in [-0.2, -0.15) is 0 Å². The highest BCUT2D eigenvalue weighted by atomic mass is 79.9. The molecule has 0 unspecified atom stereocenters. The molecule has 0 N–H and O–H groups in total. The largest absolute Gasteiger partial charge is 0.495 e. The molecule has 0 fully saturated rings. The molecule has 0 radical (unpaired) electrons. The van der Waals surface area contributed by atoms with Crippen molar-refractivity contribution in [1.29, 1.82) is 0 Å². The monoisotopic (exact) mass is 298 g/mol. The van der Waals surface area contributed by atoms with Crippen molar-refractivity contribution in [2.45, 2.75) is 0 Å². The van der Waals surface area contributed by atoms with Crippen molar-refractivity contribution in [3.63, 3.8) is 0 Å². The first-order valence-corrected chi connectivity index (χ1v) is 4.80. The molecule has 1 aromatic carbocycles. The van der Waals surface area contributed by atoms with E-state index < -0.39 is 0 Å². The summed E-state index contributed by atoms with van der Waals surface area (Å²) in [6.07, 6.45) is 0. The topological polar surface area (TPSA) is 9.23 Å². The molecule has 4 heteroatoms. The van der Waals surface area contributed by atoms with E-state index in [1.807, 2.05) is 6.07 Å². The number of benzene rings is 1. The summed E-state index contributed by atoms with van der Waals surface area (Å²) in [6.45, 7) is 0. The second-order valence-electron chi connectivity index (χ2n) is 1.88. The summed E-state index contributed by atoms with van der Waals surface area (Å²) in [5.41, 5.74) is 0. The van der Waals surface area contributed by atoms with Crippen LogP contribution in [-0.4, -0.2) is 7.11 Å². The number of halogens is 3. The second kappa shape index (κ2) is 3.78. The Morgan fingerprint density at radius 3 is 2.55 bits per heavy atom. The molecule has 11 heavy (non-hydrogen) atoms. The minimum atomic E-state index is 0.585. The van der Waals surface area contributed by atoms with Crippen LogP contribution in [0.3, 0.4) is 0 Å². The zero-order valence-corrected chi connectivity index (χ0v) is 9.62. The van der Waals surface area contributed by atoms with Gasteiger partial charge in [-0.05, 0) is 44.0 Å². The first-order chi connectivity index (χ1) is 5.16. The predicted molar refractivity (Wildman–Crippen MR) is 53.4 cm³/mol. The van der Waals surface area contributed by atoms with Crippen molar-refractivity contribution in [2.24, 2.45) is 0 Å². The van der Waals surface area contributed by atoms with Crippen LogP contribution in [0.15, 0.2) is 21.1 Å². The lowest BCUT2D eigenvalue weighted by Crippen LogP contribution is -1.84. The van der Waals surface area contributed by atoms with Crippen LogP contribution >= 0.6 is 43.5 Å². The molecule has 0 amide bonds. The van der Waals surface area contributed by atoms with E-state index in [-0.39, 0.29) is 0 Å². The molecule has 0 spiro atoms. The third kappa shape index (κ3) is 1.89. The minimum absolute atomic E-state index is 0.585. The van der Waals surface area contributed by atoms with Crippen molar-refractivity contribution in [2.75, 3.05) is 7.11 Å². The van der Waals surface area contributed by atoms with Crippen molar-refractivity contribution in [3.8, 4) is 5.75 Å². The van der Waals surface area contributed by atoms with Crippen LogP contribution in [0.1, 0.15) is 0 Å². The van der Waals surface area contributed by atoms with E-state index in [9.17, 15) is 0 Å². The summed E-state index contributed by atoms with van der Waals surface area (Å²) in [7, 11) is 1.58. The van der Waals surface area contributed by atoms with E-state index in [0.717, 1.165) is 8.95 Å². The van der Waals surface area contributed by atoms with Crippen LogP contribution in [-0.2, 0) is 0 Å². The maximum atomic E-state index is 5.90. The van der Waals surface area contributed by atoms with Crippen molar-refractivity contribution in [3.05, 3.63) is 26.1 Å². The maximum Gasteiger partial charge on any atom is 0.138 e. The quantitative estimate of drug-likeness (QED) is 0.715. The van der Waals surface area contributed by atoms with Gasteiger partial charge < -0.3 is 4.74 Å². The Hall–Kier alpha value is 0.270. The van der Waals surface area contributed by atoms with Gasteiger partial charge in [-0.25, -0.2) is 0 Å². The molecular formula is C7H5Br2ClO. The Bertz CT molecular complexity index is 275. The molecular weight excluding hydrogens is 295 g/mol. The van der Waals surface area contributed by atoms with Gasteiger partial charge in [0.15, 0.2) is 0 Å². The third-order valence-corrected chi connectivity index (χ3v) is 3.84. The lowest BCUT2D eigenvalue weighted by atomic mass is 10.3. The molecule has 0 aliphatic carbocycles. The normalized spacial score (nSPS) is 9.82. The molecule has 0 saturated heterocycles. The smallest absolute Gasteiger partial charge is 0.138 e. The average molecular weight is 300 g/mol. The Labute approximate surface area is 86.9 Å². The molecule has 0 aliphatic rings. The van der Waals surface area contributed by atoms with Gasteiger partial charge >= 0.3 is 0 Å².